The van der Waals surface area contributed by atoms with Gasteiger partial charge in [-0.15, -0.1) is 0 Å². The van der Waals surface area contributed by atoms with Crippen LogP contribution in [-0.2, 0) is 24.1 Å². The molecule has 29 heavy (non-hydrogen) atoms. The van der Waals surface area contributed by atoms with Gasteiger partial charge in [0.05, 0.1) is 21.5 Å². The number of benzene rings is 2. The van der Waals surface area contributed by atoms with E-state index in [1.807, 2.05) is 0 Å². The molecule has 0 radical (unpaired) electrons. The predicted octanol–water partition coefficient (Wildman–Crippen LogP) is 1.24. The zero-order valence-corrected chi connectivity index (χ0v) is 17.0. The molecule has 0 aliphatic rings. The van der Waals surface area contributed by atoms with Crippen LogP contribution in [-0.4, -0.2) is 41.8 Å². The molecule has 0 unspecified atom stereocenters. The lowest BCUT2D eigenvalue weighted by Gasteiger charge is -2.11. The number of ether oxygens (including phenoxy) is 1. The number of imidazole rings is 1. The molecule has 154 valence electrons. The standard InChI is InChI=1S/C19H21N3O6S/c1-12-10-15-16(22(3)19(25)21(15)2)11-17(12)29(26,27)20-8-9-28-14-6-4-13(5-7-14)18(23)24/h4-7,10-11,20H,8-9H2,1-3H3,(H,23,24). The van der Waals surface area contributed by atoms with Crippen molar-refractivity contribution in [2.75, 3.05) is 13.2 Å². The molecule has 0 spiro atoms. The molecule has 0 bridgehead atoms. The largest absolute Gasteiger partial charge is 0.492 e. The first-order valence-electron chi connectivity index (χ1n) is 8.73. The summed E-state index contributed by atoms with van der Waals surface area (Å²) in [5.74, 6) is -0.598. The Morgan fingerprint density at radius 1 is 1.10 bits per heavy atom. The van der Waals surface area contributed by atoms with Crippen molar-refractivity contribution in [3.05, 3.63) is 58.0 Å². The molecule has 9 nitrogen and oxygen atoms in total. The first kappa shape index (κ1) is 20.6. The van der Waals surface area contributed by atoms with Gasteiger partial charge in [-0.25, -0.2) is 22.7 Å². The highest BCUT2D eigenvalue weighted by atomic mass is 32.2. The number of aryl methyl sites for hydroxylation is 3. The molecule has 3 rings (SSSR count). The Labute approximate surface area is 167 Å². The van der Waals surface area contributed by atoms with Gasteiger partial charge in [-0.2, -0.15) is 0 Å². The second-order valence-electron chi connectivity index (χ2n) is 6.58. The fourth-order valence-corrected chi connectivity index (χ4v) is 4.29. The lowest BCUT2D eigenvalue weighted by atomic mass is 10.2. The molecule has 0 amide bonds. The van der Waals surface area contributed by atoms with Gasteiger partial charge in [-0.05, 0) is 48.9 Å². The highest BCUT2D eigenvalue weighted by Gasteiger charge is 2.20. The topological polar surface area (TPSA) is 120 Å². The Morgan fingerprint density at radius 3 is 2.28 bits per heavy atom. The van der Waals surface area contributed by atoms with Gasteiger partial charge >= 0.3 is 11.7 Å². The van der Waals surface area contributed by atoms with Crippen molar-refractivity contribution in [2.24, 2.45) is 14.1 Å². The van der Waals surface area contributed by atoms with Crippen molar-refractivity contribution in [1.82, 2.24) is 13.9 Å². The first-order valence-corrected chi connectivity index (χ1v) is 10.2. The number of hydrogen-bond donors (Lipinski definition) is 2. The van der Waals surface area contributed by atoms with E-state index >= 15 is 0 Å². The molecule has 0 atom stereocenters. The van der Waals surface area contributed by atoms with Crippen LogP contribution in [0.4, 0.5) is 0 Å². The van der Waals surface area contributed by atoms with E-state index in [2.05, 4.69) is 4.72 Å². The number of aromatic carboxylic acids is 1. The van der Waals surface area contributed by atoms with Crippen molar-refractivity contribution >= 4 is 27.0 Å². The van der Waals surface area contributed by atoms with Gasteiger partial charge in [0.25, 0.3) is 0 Å². The van der Waals surface area contributed by atoms with E-state index in [9.17, 15) is 18.0 Å². The van der Waals surface area contributed by atoms with E-state index < -0.39 is 16.0 Å². The third-order valence-electron chi connectivity index (χ3n) is 4.62. The highest BCUT2D eigenvalue weighted by Crippen LogP contribution is 2.22. The maximum atomic E-state index is 12.7. The summed E-state index contributed by atoms with van der Waals surface area (Å²) in [6.45, 7) is 1.76. The SMILES string of the molecule is Cc1cc2c(cc1S(=O)(=O)NCCOc1ccc(C(=O)O)cc1)n(C)c(=O)n2C. The van der Waals surface area contributed by atoms with E-state index in [1.165, 1.54) is 39.5 Å². The Balaban J connectivity index is 1.71. The van der Waals surface area contributed by atoms with Crippen LogP contribution in [0.25, 0.3) is 11.0 Å². The van der Waals surface area contributed by atoms with Crippen molar-refractivity contribution < 1.29 is 23.1 Å². The Morgan fingerprint density at radius 2 is 1.69 bits per heavy atom. The summed E-state index contributed by atoms with van der Waals surface area (Å²) < 4.78 is 36.2. The third kappa shape index (κ3) is 4.03. The van der Waals surface area contributed by atoms with E-state index in [1.54, 1.807) is 27.1 Å². The number of sulfonamides is 1. The van der Waals surface area contributed by atoms with Gasteiger partial charge in [0.15, 0.2) is 0 Å². The second kappa shape index (κ2) is 7.72. The molecule has 0 aliphatic heterocycles. The monoisotopic (exact) mass is 419 g/mol. The van der Waals surface area contributed by atoms with Crippen molar-refractivity contribution in [3.8, 4) is 5.75 Å². The summed E-state index contributed by atoms with van der Waals surface area (Å²) in [6.07, 6.45) is 0. The van der Waals surface area contributed by atoms with E-state index in [4.69, 9.17) is 9.84 Å². The average Bonchev–Trinajstić information content (AvgIpc) is 2.88. The average molecular weight is 419 g/mol. The van der Waals surface area contributed by atoms with Crippen LogP contribution in [0.15, 0.2) is 46.1 Å². The number of carbonyl (C=O) groups is 1. The summed E-state index contributed by atoms with van der Waals surface area (Å²) in [6, 6.07) is 8.98. The zero-order valence-electron chi connectivity index (χ0n) is 16.2. The molecule has 2 N–H and O–H groups in total. The van der Waals surface area contributed by atoms with Crippen LogP contribution in [0.2, 0.25) is 0 Å². The summed E-state index contributed by atoms with van der Waals surface area (Å²) in [7, 11) is -0.581. The predicted molar refractivity (Wildman–Crippen MR) is 107 cm³/mol. The van der Waals surface area contributed by atoms with Gasteiger partial charge < -0.3 is 9.84 Å². The molecule has 1 heterocycles. The highest BCUT2D eigenvalue weighted by molar-refractivity contribution is 7.89. The molecule has 2 aromatic carbocycles. The van der Waals surface area contributed by atoms with Crippen LogP contribution in [0.1, 0.15) is 15.9 Å². The Hall–Kier alpha value is -3.11. The number of hydrogen-bond acceptors (Lipinski definition) is 5. The lowest BCUT2D eigenvalue weighted by molar-refractivity contribution is 0.0697. The fourth-order valence-electron chi connectivity index (χ4n) is 3.04. The van der Waals surface area contributed by atoms with E-state index in [-0.39, 0.29) is 29.3 Å². The first-order chi connectivity index (χ1) is 13.6. The molecular weight excluding hydrogens is 398 g/mol. The number of fused-ring (bicyclic) bond motifs is 1. The van der Waals surface area contributed by atoms with Gasteiger partial charge in [0.2, 0.25) is 10.0 Å². The molecule has 0 aliphatic carbocycles. The summed E-state index contributed by atoms with van der Waals surface area (Å²) in [4.78, 5) is 23.0. The van der Waals surface area contributed by atoms with Crippen molar-refractivity contribution in [3.63, 3.8) is 0 Å². The van der Waals surface area contributed by atoms with Crippen molar-refractivity contribution in [2.45, 2.75) is 11.8 Å². The zero-order chi connectivity index (χ0) is 21.3. The smallest absolute Gasteiger partial charge is 0.335 e. The molecule has 0 saturated heterocycles. The summed E-state index contributed by atoms with van der Waals surface area (Å²) in [5.41, 5.74) is 1.61. The normalized spacial score (nSPS) is 11.7. The van der Waals surface area contributed by atoms with Gasteiger partial charge in [-0.3, -0.25) is 9.13 Å². The van der Waals surface area contributed by atoms with Crippen LogP contribution in [0.5, 0.6) is 5.75 Å². The number of nitrogens with zero attached hydrogens (tertiary/aromatic N) is 2. The second-order valence-corrected chi connectivity index (χ2v) is 8.32. The molecule has 10 heteroatoms. The number of rotatable bonds is 7. The fraction of sp³-hybridized carbons (Fsp3) is 0.263. The number of nitrogens with one attached hydrogen (secondary N) is 1. The van der Waals surface area contributed by atoms with Crippen LogP contribution < -0.4 is 15.1 Å². The van der Waals surface area contributed by atoms with Gasteiger partial charge in [0.1, 0.15) is 12.4 Å². The van der Waals surface area contributed by atoms with Gasteiger partial charge in [-0.1, -0.05) is 0 Å². The quantitative estimate of drug-likeness (QED) is 0.556. The molecular formula is C19H21N3O6S. The van der Waals surface area contributed by atoms with Crippen LogP contribution in [0, 0.1) is 6.92 Å². The maximum Gasteiger partial charge on any atom is 0.335 e. The maximum absolute atomic E-state index is 12.7. The summed E-state index contributed by atoms with van der Waals surface area (Å²) >= 11 is 0. The molecule has 1 aromatic heterocycles. The molecule has 3 aromatic rings. The number of aromatic nitrogens is 2. The van der Waals surface area contributed by atoms with Gasteiger partial charge in [0, 0.05) is 20.6 Å². The molecule has 0 saturated carbocycles. The number of carboxylic acid groups (broad SMARTS) is 1. The number of carboxylic acids is 1. The van der Waals surface area contributed by atoms with Crippen molar-refractivity contribution in [1.29, 1.82) is 0 Å². The minimum atomic E-state index is -3.81. The minimum Gasteiger partial charge on any atom is -0.492 e. The van der Waals surface area contributed by atoms with E-state index in [0.29, 0.717) is 22.3 Å². The van der Waals surface area contributed by atoms with E-state index in [0.717, 1.165) is 0 Å². The minimum absolute atomic E-state index is 0.0220. The lowest BCUT2D eigenvalue weighted by Crippen LogP contribution is -2.28. The Bertz CT molecular complexity index is 1240. The Kier molecular flexibility index (Phi) is 5.49. The molecule has 0 fully saturated rings. The third-order valence-corrected chi connectivity index (χ3v) is 6.23. The summed E-state index contributed by atoms with van der Waals surface area (Å²) in [5, 5.41) is 8.87. The van der Waals surface area contributed by atoms with Crippen LogP contribution >= 0.6 is 0 Å². The van der Waals surface area contributed by atoms with Crippen LogP contribution in [0.3, 0.4) is 0 Å².